The van der Waals surface area contributed by atoms with E-state index in [0.29, 0.717) is 19.7 Å². The van der Waals surface area contributed by atoms with Crippen molar-refractivity contribution in [2.24, 2.45) is 4.99 Å². The summed E-state index contributed by atoms with van der Waals surface area (Å²) < 4.78 is 5.82. The summed E-state index contributed by atoms with van der Waals surface area (Å²) in [6.07, 6.45) is 0.550. The lowest BCUT2D eigenvalue weighted by molar-refractivity contribution is 0.188. The molecule has 0 amide bonds. The lowest BCUT2D eigenvalue weighted by atomic mass is 10.1. The molecule has 146 valence electrons. The minimum absolute atomic E-state index is 0. The van der Waals surface area contributed by atoms with E-state index in [0.717, 1.165) is 42.3 Å². The molecular formula is C21H28IN3O2. The Bertz CT molecular complexity index is 724. The number of likely N-dealkylation sites (tertiary alicyclic amines) is 1. The highest BCUT2D eigenvalue weighted by Gasteiger charge is 2.22. The predicted molar refractivity (Wildman–Crippen MR) is 120 cm³/mol. The summed E-state index contributed by atoms with van der Waals surface area (Å²) in [4.78, 5) is 6.86. The molecule has 0 aromatic heterocycles. The number of β-amino-alcohol motifs (C(OH)–C–C–N with tert-alkyl or cyclic N) is 1. The second-order valence-corrected chi connectivity index (χ2v) is 6.48. The lowest BCUT2D eigenvalue weighted by Gasteiger charge is -2.21. The fourth-order valence-corrected chi connectivity index (χ4v) is 3.03. The molecule has 6 heteroatoms. The zero-order valence-electron chi connectivity index (χ0n) is 15.7. The molecule has 0 aliphatic carbocycles. The van der Waals surface area contributed by atoms with Crippen molar-refractivity contribution in [2.45, 2.75) is 32.6 Å². The number of hydrogen-bond donors (Lipinski definition) is 2. The summed E-state index contributed by atoms with van der Waals surface area (Å²) in [7, 11) is 0. The number of rotatable bonds is 6. The van der Waals surface area contributed by atoms with Crippen LogP contribution in [0.15, 0.2) is 59.6 Å². The van der Waals surface area contributed by atoms with Crippen LogP contribution in [0.3, 0.4) is 0 Å². The van der Waals surface area contributed by atoms with Crippen LogP contribution < -0.4 is 10.1 Å². The summed E-state index contributed by atoms with van der Waals surface area (Å²) >= 11 is 0. The number of para-hydroxylation sites is 1. The van der Waals surface area contributed by atoms with Gasteiger partial charge in [-0.25, -0.2) is 4.99 Å². The number of aliphatic imine (C=N–C) groups is 1. The van der Waals surface area contributed by atoms with E-state index in [2.05, 4.69) is 35.3 Å². The van der Waals surface area contributed by atoms with Gasteiger partial charge in [0.2, 0.25) is 0 Å². The van der Waals surface area contributed by atoms with Gasteiger partial charge in [-0.3, -0.25) is 0 Å². The third-order valence-electron chi connectivity index (χ3n) is 4.35. The number of aliphatic hydroxyl groups excluding tert-OH is 1. The summed E-state index contributed by atoms with van der Waals surface area (Å²) in [6.45, 7) is 5.52. The Hall–Kier alpha value is -1.80. The smallest absolute Gasteiger partial charge is 0.194 e. The molecule has 1 aliphatic heterocycles. The summed E-state index contributed by atoms with van der Waals surface area (Å²) in [6, 6.07) is 18.2. The van der Waals surface area contributed by atoms with Crippen molar-refractivity contribution in [3.8, 4) is 5.75 Å². The van der Waals surface area contributed by atoms with Crippen molar-refractivity contribution in [3.05, 3.63) is 65.7 Å². The SMILES string of the molecule is CCNC(=NCc1cccc(COc2ccccc2)c1)N1CC[C@@H](O)C1.I. The Balaban J connectivity index is 0.00000261. The van der Waals surface area contributed by atoms with Crippen LogP contribution in [-0.2, 0) is 13.2 Å². The Morgan fingerprint density at radius 3 is 2.67 bits per heavy atom. The van der Waals surface area contributed by atoms with Gasteiger partial charge < -0.3 is 20.1 Å². The zero-order valence-corrected chi connectivity index (χ0v) is 18.0. The summed E-state index contributed by atoms with van der Waals surface area (Å²) in [5.74, 6) is 1.74. The number of nitrogens with one attached hydrogen (secondary N) is 1. The minimum Gasteiger partial charge on any atom is -0.489 e. The highest BCUT2D eigenvalue weighted by molar-refractivity contribution is 14.0. The third-order valence-corrected chi connectivity index (χ3v) is 4.35. The molecule has 0 saturated carbocycles. The van der Waals surface area contributed by atoms with Crippen molar-refractivity contribution >= 4 is 29.9 Å². The third kappa shape index (κ3) is 6.70. The number of benzene rings is 2. The fourth-order valence-electron chi connectivity index (χ4n) is 3.03. The first kappa shape index (κ1) is 21.5. The largest absolute Gasteiger partial charge is 0.489 e. The topological polar surface area (TPSA) is 57.1 Å². The molecule has 2 aromatic rings. The van der Waals surface area contributed by atoms with Crippen LogP contribution in [-0.4, -0.2) is 41.7 Å². The second kappa shape index (κ2) is 11.1. The maximum atomic E-state index is 9.75. The van der Waals surface area contributed by atoms with E-state index in [1.54, 1.807) is 0 Å². The number of nitrogens with zero attached hydrogens (tertiary/aromatic N) is 2. The second-order valence-electron chi connectivity index (χ2n) is 6.48. The highest BCUT2D eigenvalue weighted by Crippen LogP contribution is 2.14. The Morgan fingerprint density at radius 1 is 1.19 bits per heavy atom. The van der Waals surface area contributed by atoms with E-state index < -0.39 is 0 Å². The average Bonchev–Trinajstić information content (AvgIpc) is 3.11. The molecule has 2 N–H and O–H groups in total. The van der Waals surface area contributed by atoms with Crippen molar-refractivity contribution in [2.75, 3.05) is 19.6 Å². The zero-order chi connectivity index (χ0) is 18.2. The lowest BCUT2D eigenvalue weighted by Crippen LogP contribution is -2.40. The number of ether oxygens (including phenoxy) is 1. The highest BCUT2D eigenvalue weighted by atomic mass is 127. The minimum atomic E-state index is -0.252. The fraction of sp³-hybridized carbons (Fsp3) is 0.381. The van der Waals surface area contributed by atoms with Gasteiger partial charge in [0, 0.05) is 19.6 Å². The quantitative estimate of drug-likeness (QED) is 0.377. The normalized spacial score (nSPS) is 16.7. The maximum absolute atomic E-state index is 9.75. The average molecular weight is 481 g/mol. The summed E-state index contributed by atoms with van der Waals surface area (Å²) in [5, 5.41) is 13.1. The van der Waals surface area contributed by atoms with Gasteiger partial charge in [-0.05, 0) is 36.6 Å². The van der Waals surface area contributed by atoms with Gasteiger partial charge in [-0.2, -0.15) is 0 Å². The van der Waals surface area contributed by atoms with Crippen LogP contribution in [0, 0.1) is 0 Å². The van der Waals surface area contributed by atoms with Crippen molar-refractivity contribution in [1.29, 1.82) is 0 Å². The van der Waals surface area contributed by atoms with Crippen LogP contribution >= 0.6 is 24.0 Å². The monoisotopic (exact) mass is 481 g/mol. The molecule has 2 aromatic carbocycles. The van der Waals surface area contributed by atoms with E-state index in [1.807, 2.05) is 36.4 Å². The summed E-state index contributed by atoms with van der Waals surface area (Å²) in [5.41, 5.74) is 2.28. The van der Waals surface area contributed by atoms with Crippen molar-refractivity contribution < 1.29 is 9.84 Å². The number of guanidine groups is 1. The molecule has 1 heterocycles. The van der Waals surface area contributed by atoms with Gasteiger partial charge in [0.25, 0.3) is 0 Å². The van der Waals surface area contributed by atoms with Crippen LogP contribution in [0.2, 0.25) is 0 Å². The van der Waals surface area contributed by atoms with E-state index in [1.165, 1.54) is 0 Å². The van der Waals surface area contributed by atoms with Gasteiger partial charge in [-0.15, -0.1) is 24.0 Å². The molecule has 1 aliphatic rings. The first-order valence-corrected chi connectivity index (χ1v) is 9.21. The molecule has 0 unspecified atom stereocenters. The first-order chi connectivity index (χ1) is 12.7. The van der Waals surface area contributed by atoms with Gasteiger partial charge in [0.05, 0.1) is 12.6 Å². The molecule has 3 rings (SSSR count). The van der Waals surface area contributed by atoms with Crippen molar-refractivity contribution in [3.63, 3.8) is 0 Å². The Labute approximate surface area is 178 Å². The van der Waals surface area contributed by atoms with E-state index >= 15 is 0 Å². The van der Waals surface area contributed by atoms with Gasteiger partial charge >= 0.3 is 0 Å². The van der Waals surface area contributed by atoms with Gasteiger partial charge in [0.1, 0.15) is 12.4 Å². The van der Waals surface area contributed by atoms with Crippen molar-refractivity contribution in [1.82, 2.24) is 10.2 Å². The number of aliphatic hydroxyl groups is 1. The van der Waals surface area contributed by atoms with E-state index in [4.69, 9.17) is 9.73 Å². The molecule has 0 bridgehead atoms. The molecule has 0 radical (unpaired) electrons. The Morgan fingerprint density at radius 2 is 1.96 bits per heavy atom. The molecule has 1 fully saturated rings. The maximum Gasteiger partial charge on any atom is 0.194 e. The molecule has 0 spiro atoms. The van der Waals surface area contributed by atoms with Crippen LogP contribution in [0.5, 0.6) is 5.75 Å². The van der Waals surface area contributed by atoms with Crippen LogP contribution in [0.25, 0.3) is 0 Å². The first-order valence-electron chi connectivity index (χ1n) is 9.21. The number of halogens is 1. The van der Waals surface area contributed by atoms with Crippen LogP contribution in [0.1, 0.15) is 24.5 Å². The van der Waals surface area contributed by atoms with Gasteiger partial charge in [-0.1, -0.05) is 42.5 Å². The predicted octanol–water partition coefficient (Wildman–Crippen LogP) is 3.42. The standard InChI is InChI=1S/C21H27N3O2.HI/c1-2-22-21(24-12-11-19(25)15-24)23-14-17-7-6-8-18(13-17)16-26-20-9-4-3-5-10-20;/h3-10,13,19,25H,2,11-12,14-16H2,1H3,(H,22,23);1H/t19-;/m1./s1. The Kier molecular flexibility index (Phi) is 8.87. The van der Waals surface area contributed by atoms with E-state index in [-0.39, 0.29) is 30.1 Å². The molecule has 1 saturated heterocycles. The molecular weight excluding hydrogens is 453 g/mol. The number of hydrogen-bond acceptors (Lipinski definition) is 3. The van der Waals surface area contributed by atoms with E-state index in [9.17, 15) is 5.11 Å². The molecule has 1 atom stereocenters. The molecule has 27 heavy (non-hydrogen) atoms. The van der Waals surface area contributed by atoms with Gasteiger partial charge in [0.15, 0.2) is 5.96 Å². The molecule has 5 nitrogen and oxygen atoms in total. The van der Waals surface area contributed by atoms with Crippen LogP contribution in [0.4, 0.5) is 0 Å².